The number of rotatable bonds is 6. The molecular formula is C22H26O10. The van der Waals surface area contributed by atoms with Crippen molar-refractivity contribution in [1.82, 2.24) is 0 Å². The van der Waals surface area contributed by atoms with Crippen LogP contribution in [-0.2, 0) is 18.9 Å². The van der Waals surface area contributed by atoms with Crippen LogP contribution < -0.4 is 0 Å². The van der Waals surface area contributed by atoms with E-state index < -0.39 is 67.5 Å². The zero-order valence-corrected chi connectivity index (χ0v) is 17.0. The van der Waals surface area contributed by atoms with Gasteiger partial charge in [0.25, 0.3) is 0 Å². The Hall–Kier alpha value is -2.31. The molecule has 1 aromatic rings. The highest BCUT2D eigenvalue weighted by atomic mass is 16.8. The SMILES string of the molecule is O=C(OCC1=C[C@H](O)[C@@H]2C=CO[C@@H](O[C@H]3O[C@H](CO)[C@@H](O)[C@H](O)[C@H]3O)[C@@H]12)c1ccccc1. The van der Waals surface area contributed by atoms with E-state index in [1.807, 2.05) is 0 Å². The lowest BCUT2D eigenvalue weighted by molar-refractivity contribution is -0.339. The minimum atomic E-state index is -1.60. The van der Waals surface area contributed by atoms with E-state index >= 15 is 0 Å². The molecule has 5 N–H and O–H groups in total. The van der Waals surface area contributed by atoms with Gasteiger partial charge in [0.05, 0.1) is 30.5 Å². The molecule has 32 heavy (non-hydrogen) atoms. The Labute approximate surface area is 183 Å². The minimum absolute atomic E-state index is 0.113. The van der Waals surface area contributed by atoms with E-state index in [0.717, 1.165) is 0 Å². The molecular weight excluding hydrogens is 424 g/mol. The highest BCUT2D eigenvalue weighted by Gasteiger charge is 2.49. The van der Waals surface area contributed by atoms with Crippen LogP contribution in [0.4, 0.5) is 0 Å². The van der Waals surface area contributed by atoms with Crippen LogP contribution in [0.3, 0.4) is 0 Å². The summed E-state index contributed by atoms with van der Waals surface area (Å²) in [5.41, 5.74) is 0.947. The number of fused-ring (bicyclic) bond motifs is 1. The van der Waals surface area contributed by atoms with Crippen LogP contribution in [0.5, 0.6) is 0 Å². The highest BCUT2D eigenvalue weighted by Crippen LogP contribution is 2.41. The summed E-state index contributed by atoms with van der Waals surface area (Å²) in [4.78, 5) is 12.3. The Morgan fingerprint density at radius 1 is 1.00 bits per heavy atom. The fraction of sp³-hybridized carbons (Fsp3) is 0.500. The lowest BCUT2D eigenvalue weighted by atomic mass is 9.88. The summed E-state index contributed by atoms with van der Waals surface area (Å²) in [5.74, 6) is -1.52. The number of esters is 1. The number of aliphatic hydroxyl groups excluding tert-OH is 5. The van der Waals surface area contributed by atoms with Crippen molar-refractivity contribution in [3.63, 3.8) is 0 Å². The van der Waals surface area contributed by atoms with Crippen LogP contribution in [-0.4, -0.2) is 87.8 Å². The number of aliphatic hydroxyl groups is 5. The number of hydrogen-bond donors (Lipinski definition) is 5. The number of ether oxygens (including phenoxy) is 4. The fourth-order valence-electron chi connectivity index (χ4n) is 4.17. The Kier molecular flexibility index (Phi) is 6.91. The van der Waals surface area contributed by atoms with E-state index in [4.69, 9.17) is 18.9 Å². The van der Waals surface area contributed by atoms with Crippen LogP contribution in [0.2, 0.25) is 0 Å². The molecule has 1 aromatic carbocycles. The lowest BCUT2D eigenvalue weighted by Gasteiger charge is -2.42. The van der Waals surface area contributed by atoms with Gasteiger partial charge in [-0.1, -0.05) is 24.3 Å². The first kappa shape index (κ1) is 22.9. The average Bonchev–Trinajstić information content (AvgIpc) is 3.14. The van der Waals surface area contributed by atoms with Gasteiger partial charge in [-0.15, -0.1) is 0 Å². The van der Waals surface area contributed by atoms with Gasteiger partial charge in [-0.05, 0) is 23.8 Å². The molecule has 2 aliphatic heterocycles. The van der Waals surface area contributed by atoms with Gasteiger partial charge in [0.2, 0.25) is 6.29 Å². The summed E-state index contributed by atoms with van der Waals surface area (Å²) in [5, 5.41) is 50.0. The predicted octanol–water partition coefficient (Wildman–Crippen LogP) is -0.937. The summed E-state index contributed by atoms with van der Waals surface area (Å²) >= 11 is 0. The zero-order chi connectivity index (χ0) is 22.8. The Morgan fingerprint density at radius 3 is 2.47 bits per heavy atom. The first-order valence-electron chi connectivity index (χ1n) is 10.3. The standard InChI is InChI=1S/C22H26O10/c23-9-15-17(25)18(26)19(27)22(31-15)32-21-16-12(8-14(24)13(16)6-7-29-21)10-30-20(28)11-4-2-1-3-5-11/h1-8,13-19,21-27H,9-10H2/t13-,14-,15+,16-,17+,18-,19+,21-,22+/m0/s1. The third kappa shape index (κ3) is 4.44. The van der Waals surface area contributed by atoms with Crippen molar-refractivity contribution < 1.29 is 49.3 Å². The third-order valence-electron chi connectivity index (χ3n) is 5.92. The predicted molar refractivity (Wildman–Crippen MR) is 107 cm³/mol. The number of benzene rings is 1. The number of carbonyl (C=O) groups is 1. The smallest absolute Gasteiger partial charge is 0.338 e. The van der Waals surface area contributed by atoms with Crippen molar-refractivity contribution in [2.24, 2.45) is 11.8 Å². The maximum atomic E-state index is 12.3. The maximum absolute atomic E-state index is 12.3. The molecule has 3 aliphatic rings. The summed E-state index contributed by atoms with van der Waals surface area (Å²) in [7, 11) is 0. The second-order valence-electron chi connectivity index (χ2n) is 7.94. The first-order chi connectivity index (χ1) is 15.4. The van der Waals surface area contributed by atoms with E-state index in [2.05, 4.69) is 0 Å². The molecule has 1 saturated heterocycles. The van der Waals surface area contributed by atoms with E-state index in [-0.39, 0.29) is 6.61 Å². The van der Waals surface area contributed by atoms with Crippen molar-refractivity contribution in [2.75, 3.05) is 13.2 Å². The summed E-state index contributed by atoms with van der Waals surface area (Å²) in [6, 6.07) is 8.47. The third-order valence-corrected chi connectivity index (χ3v) is 5.92. The summed E-state index contributed by atoms with van der Waals surface area (Å²) in [6.07, 6.45) is -4.61. The minimum Gasteiger partial charge on any atom is -0.472 e. The first-order valence-corrected chi connectivity index (χ1v) is 10.3. The van der Waals surface area contributed by atoms with Gasteiger partial charge in [0.1, 0.15) is 31.0 Å². The molecule has 10 nitrogen and oxygen atoms in total. The van der Waals surface area contributed by atoms with E-state index in [9.17, 15) is 30.3 Å². The molecule has 10 heteroatoms. The molecule has 1 fully saturated rings. The normalized spacial score (nSPS) is 38.5. The van der Waals surface area contributed by atoms with Crippen molar-refractivity contribution in [1.29, 1.82) is 0 Å². The zero-order valence-electron chi connectivity index (χ0n) is 17.0. The molecule has 0 amide bonds. The molecule has 0 spiro atoms. The van der Waals surface area contributed by atoms with Crippen LogP contribution >= 0.6 is 0 Å². The molecule has 0 bridgehead atoms. The molecule has 4 rings (SSSR count). The molecule has 174 valence electrons. The number of carbonyl (C=O) groups excluding carboxylic acids is 1. The lowest BCUT2D eigenvalue weighted by Crippen LogP contribution is -2.60. The molecule has 0 unspecified atom stereocenters. The monoisotopic (exact) mass is 450 g/mol. The Balaban J connectivity index is 1.46. The van der Waals surface area contributed by atoms with Crippen LogP contribution in [0.1, 0.15) is 10.4 Å². The van der Waals surface area contributed by atoms with Gasteiger partial charge in [-0.2, -0.15) is 0 Å². The van der Waals surface area contributed by atoms with Crippen molar-refractivity contribution >= 4 is 5.97 Å². The molecule has 0 saturated carbocycles. The van der Waals surface area contributed by atoms with Gasteiger partial charge < -0.3 is 44.5 Å². The quantitative estimate of drug-likeness (QED) is 0.271. The van der Waals surface area contributed by atoms with Gasteiger partial charge in [-0.3, -0.25) is 0 Å². The second kappa shape index (κ2) is 9.67. The van der Waals surface area contributed by atoms with Crippen LogP contribution in [0.15, 0.2) is 54.3 Å². The topological polar surface area (TPSA) is 155 Å². The molecule has 9 atom stereocenters. The number of hydrogen-bond acceptors (Lipinski definition) is 10. The van der Waals surface area contributed by atoms with Crippen LogP contribution in [0, 0.1) is 11.8 Å². The van der Waals surface area contributed by atoms with Crippen molar-refractivity contribution in [2.45, 2.75) is 43.1 Å². The van der Waals surface area contributed by atoms with Gasteiger partial charge in [0.15, 0.2) is 6.29 Å². The van der Waals surface area contributed by atoms with Crippen LogP contribution in [0.25, 0.3) is 0 Å². The summed E-state index contributed by atoms with van der Waals surface area (Å²) < 4.78 is 22.1. The molecule has 1 aliphatic carbocycles. The van der Waals surface area contributed by atoms with Crippen molar-refractivity contribution in [3.8, 4) is 0 Å². The van der Waals surface area contributed by atoms with Crippen molar-refractivity contribution in [3.05, 3.63) is 59.9 Å². The largest absolute Gasteiger partial charge is 0.472 e. The second-order valence-corrected chi connectivity index (χ2v) is 7.94. The summed E-state index contributed by atoms with van der Waals surface area (Å²) in [6.45, 7) is -0.709. The average molecular weight is 450 g/mol. The van der Waals surface area contributed by atoms with Gasteiger partial charge >= 0.3 is 5.97 Å². The Morgan fingerprint density at radius 2 is 1.75 bits per heavy atom. The molecule has 0 radical (unpaired) electrons. The van der Waals surface area contributed by atoms with Gasteiger partial charge in [0, 0.05) is 5.92 Å². The molecule has 2 heterocycles. The van der Waals surface area contributed by atoms with E-state index in [1.165, 1.54) is 6.26 Å². The van der Waals surface area contributed by atoms with E-state index in [1.54, 1.807) is 42.5 Å². The van der Waals surface area contributed by atoms with E-state index in [0.29, 0.717) is 11.1 Å². The highest BCUT2D eigenvalue weighted by molar-refractivity contribution is 5.89. The van der Waals surface area contributed by atoms with Gasteiger partial charge in [-0.25, -0.2) is 4.79 Å². The Bertz CT molecular complexity index is 854. The maximum Gasteiger partial charge on any atom is 0.338 e. The molecule has 0 aromatic heterocycles. The fourth-order valence-corrected chi connectivity index (χ4v) is 4.17.